The molecular formula is C13HF9N2. The lowest BCUT2D eigenvalue weighted by Gasteiger charge is -2.07. The number of halogens is 9. The smallest absolute Gasteiger partial charge is 0.200 e. The van der Waals surface area contributed by atoms with E-state index >= 15 is 0 Å². The van der Waals surface area contributed by atoms with Crippen LogP contribution in [0.5, 0.6) is 0 Å². The van der Waals surface area contributed by atoms with E-state index in [9.17, 15) is 39.5 Å². The third-order valence-electron chi connectivity index (χ3n) is 3.23. The second-order valence-electron chi connectivity index (χ2n) is 4.52. The zero-order chi connectivity index (χ0) is 17.9. The van der Waals surface area contributed by atoms with E-state index < -0.39 is 74.5 Å². The first kappa shape index (κ1) is 16.1. The lowest BCUT2D eigenvalue weighted by atomic mass is 10.0. The van der Waals surface area contributed by atoms with Crippen molar-refractivity contribution in [2.45, 2.75) is 0 Å². The quantitative estimate of drug-likeness (QED) is 0.389. The molecular weight excluding hydrogens is 355 g/mol. The minimum absolute atomic E-state index is 1.15. The standard InChI is InChI=1S/C13HF9N2/c14-3-1(4(15)7(18)9(20)6(3)17)12-2-5(16)8(19)10(21)11(22)13(2)24-23-12/h(H,23,24). The number of aromatic amines is 1. The lowest BCUT2D eigenvalue weighted by molar-refractivity contribution is 0.381. The van der Waals surface area contributed by atoms with Gasteiger partial charge in [-0.05, 0) is 0 Å². The molecule has 24 heavy (non-hydrogen) atoms. The summed E-state index contributed by atoms with van der Waals surface area (Å²) in [5.41, 5.74) is -4.18. The Morgan fingerprint density at radius 2 is 0.917 bits per heavy atom. The summed E-state index contributed by atoms with van der Waals surface area (Å²) in [4.78, 5) is 0. The van der Waals surface area contributed by atoms with E-state index in [1.165, 1.54) is 0 Å². The fraction of sp³-hybridized carbons (Fsp3) is 0. The molecule has 2 aromatic carbocycles. The number of rotatable bonds is 1. The molecule has 1 heterocycles. The van der Waals surface area contributed by atoms with Crippen molar-refractivity contribution in [3.05, 3.63) is 52.4 Å². The van der Waals surface area contributed by atoms with Gasteiger partial charge in [0.1, 0.15) is 11.2 Å². The van der Waals surface area contributed by atoms with Gasteiger partial charge < -0.3 is 0 Å². The number of nitrogens with zero attached hydrogens (tertiary/aromatic N) is 1. The SMILES string of the molecule is Fc1c(F)c(F)c(-c2n[nH]c3c(F)c(F)c(F)c(F)c23)c(F)c1F. The van der Waals surface area contributed by atoms with Gasteiger partial charge in [0.2, 0.25) is 5.82 Å². The van der Waals surface area contributed by atoms with Crippen LogP contribution in [-0.4, -0.2) is 10.2 Å². The van der Waals surface area contributed by atoms with Gasteiger partial charge in [0.15, 0.2) is 46.5 Å². The Hall–Kier alpha value is -2.72. The molecule has 0 spiro atoms. The van der Waals surface area contributed by atoms with Crippen LogP contribution in [0.4, 0.5) is 39.5 Å². The van der Waals surface area contributed by atoms with E-state index in [4.69, 9.17) is 0 Å². The minimum atomic E-state index is -2.49. The van der Waals surface area contributed by atoms with Crippen molar-refractivity contribution in [3.63, 3.8) is 0 Å². The van der Waals surface area contributed by atoms with E-state index in [0.29, 0.717) is 0 Å². The third-order valence-corrected chi connectivity index (χ3v) is 3.23. The number of fused-ring (bicyclic) bond motifs is 1. The number of aromatic nitrogens is 2. The molecule has 0 amide bonds. The molecule has 0 saturated heterocycles. The van der Waals surface area contributed by atoms with E-state index in [1.807, 2.05) is 0 Å². The van der Waals surface area contributed by atoms with Gasteiger partial charge in [0.25, 0.3) is 0 Å². The fourth-order valence-corrected chi connectivity index (χ4v) is 2.12. The second kappa shape index (κ2) is 5.14. The summed E-state index contributed by atoms with van der Waals surface area (Å²) in [5.74, 6) is -20.7. The first-order chi connectivity index (χ1) is 11.2. The number of nitrogens with one attached hydrogen (secondary N) is 1. The Balaban J connectivity index is 2.50. The molecule has 0 bridgehead atoms. The molecule has 0 atom stereocenters. The van der Waals surface area contributed by atoms with Crippen LogP contribution < -0.4 is 0 Å². The van der Waals surface area contributed by atoms with Crippen molar-refractivity contribution in [1.82, 2.24) is 10.2 Å². The summed E-state index contributed by atoms with van der Waals surface area (Å²) < 4.78 is 121. The van der Waals surface area contributed by atoms with E-state index in [0.717, 1.165) is 0 Å². The summed E-state index contributed by atoms with van der Waals surface area (Å²) in [7, 11) is 0. The molecule has 126 valence electrons. The summed E-state index contributed by atoms with van der Waals surface area (Å²) in [6.07, 6.45) is 0. The molecule has 1 N–H and O–H groups in total. The molecule has 0 aliphatic rings. The maximum absolute atomic E-state index is 13.8. The summed E-state index contributed by atoms with van der Waals surface area (Å²) in [5, 5.41) is 3.35. The number of hydrogen-bond donors (Lipinski definition) is 1. The number of benzene rings is 2. The topological polar surface area (TPSA) is 28.7 Å². The first-order valence-electron chi connectivity index (χ1n) is 5.90. The third kappa shape index (κ3) is 1.90. The molecule has 0 aliphatic heterocycles. The van der Waals surface area contributed by atoms with Gasteiger partial charge in [-0.3, -0.25) is 5.10 Å². The molecule has 0 unspecified atom stereocenters. The molecule has 0 aliphatic carbocycles. The largest absolute Gasteiger partial charge is 0.274 e. The van der Waals surface area contributed by atoms with Gasteiger partial charge in [-0.25, -0.2) is 39.5 Å². The summed E-state index contributed by atoms with van der Waals surface area (Å²) in [6.45, 7) is 0. The van der Waals surface area contributed by atoms with Gasteiger partial charge >= 0.3 is 0 Å². The summed E-state index contributed by atoms with van der Waals surface area (Å²) >= 11 is 0. The van der Waals surface area contributed by atoms with Gasteiger partial charge in [-0.1, -0.05) is 0 Å². The lowest BCUT2D eigenvalue weighted by Crippen LogP contribution is -2.05. The Morgan fingerprint density at radius 3 is 1.46 bits per heavy atom. The molecule has 2 nitrogen and oxygen atoms in total. The maximum atomic E-state index is 13.8. The van der Waals surface area contributed by atoms with Crippen molar-refractivity contribution in [2.75, 3.05) is 0 Å². The van der Waals surface area contributed by atoms with Gasteiger partial charge in [-0.15, -0.1) is 0 Å². The Morgan fingerprint density at radius 1 is 0.500 bits per heavy atom. The Kier molecular flexibility index (Phi) is 3.46. The van der Waals surface area contributed by atoms with Crippen molar-refractivity contribution in [3.8, 4) is 11.3 Å². The van der Waals surface area contributed by atoms with Crippen molar-refractivity contribution in [2.24, 2.45) is 0 Å². The van der Waals surface area contributed by atoms with Crippen LogP contribution in [0.1, 0.15) is 0 Å². The van der Waals surface area contributed by atoms with Gasteiger partial charge in [0.05, 0.1) is 10.9 Å². The van der Waals surface area contributed by atoms with Crippen LogP contribution in [0.3, 0.4) is 0 Å². The average Bonchev–Trinajstić information content (AvgIpc) is 2.99. The highest BCUT2D eigenvalue weighted by atomic mass is 19.2. The molecule has 3 aromatic rings. The van der Waals surface area contributed by atoms with Crippen molar-refractivity contribution < 1.29 is 39.5 Å². The van der Waals surface area contributed by atoms with Crippen molar-refractivity contribution >= 4 is 10.9 Å². The predicted molar refractivity (Wildman–Crippen MR) is 61.2 cm³/mol. The molecule has 0 radical (unpaired) electrons. The zero-order valence-electron chi connectivity index (χ0n) is 10.8. The van der Waals surface area contributed by atoms with Crippen LogP contribution in [0.15, 0.2) is 0 Å². The minimum Gasteiger partial charge on any atom is -0.274 e. The van der Waals surface area contributed by atoms with Crippen LogP contribution in [0.2, 0.25) is 0 Å². The Labute approximate surface area is 125 Å². The first-order valence-corrected chi connectivity index (χ1v) is 5.90. The maximum Gasteiger partial charge on any atom is 0.200 e. The molecule has 0 fully saturated rings. The average molecular weight is 356 g/mol. The molecule has 3 rings (SSSR count). The number of H-pyrrole nitrogens is 1. The van der Waals surface area contributed by atoms with Crippen LogP contribution in [0.25, 0.3) is 22.2 Å². The van der Waals surface area contributed by atoms with Gasteiger partial charge in [-0.2, -0.15) is 5.10 Å². The van der Waals surface area contributed by atoms with E-state index in [2.05, 4.69) is 5.10 Å². The highest BCUT2D eigenvalue weighted by Gasteiger charge is 2.32. The van der Waals surface area contributed by atoms with Crippen LogP contribution in [-0.2, 0) is 0 Å². The van der Waals surface area contributed by atoms with E-state index in [-0.39, 0.29) is 0 Å². The normalized spacial score (nSPS) is 11.5. The highest BCUT2D eigenvalue weighted by Crippen LogP contribution is 2.37. The molecule has 1 aromatic heterocycles. The van der Waals surface area contributed by atoms with E-state index in [1.54, 1.807) is 5.10 Å². The van der Waals surface area contributed by atoms with Crippen molar-refractivity contribution in [1.29, 1.82) is 0 Å². The summed E-state index contributed by atoms with van der Waals surface area (Å²) in [6, 6.07) is 0. The molecule has 11 heteroatoms. The van der Waals surface area contributed by atoms with Gasteiger partial charge in [0, 0.05) is 0 Å². The Bertz CT molecular complexity index is 980. The fourth-order valence-electron chi connectivity index (χ4n) is 2.12. The monoisotopic (exact) mass is 356 g/mol. The zero-order valence-corrected chi connectivity index (χ0v) is 10.8. The second-order valence-corrected chi connectivity index (χ2v) is 4.52. The molecule has 0 saturated carbocycles. The highest BCUT2D eigenvalue weighted by molar-refractivity contribution is 5.94. The van der Waals surface area contributed by atoms with Crippen LogP contribution >= 0.6 is 0 Å². The van der Waals surface area contributed by atoms with Crippen LogP contribution in [0, 0.1) is 52.4 Å². The predicted octanol–water partition coefficient (Wildman–Crippen LogP) is 4.48. The number of hydrogen-bond acceptors (Lipinski definition) is 1.